The Morgan fingerprint density at radius 1 is 0.800 bits per heavy atom. The van der Waals surface area contributed by atoms with E-state index >= 15 is 0 Å². The van der Waals surface area contributed by atoms with Crippen LogP contribution in [0.2, 0.25) is 10.0 Å². The van der Waals surface area contributed by atoms with E-state index in [1.54, 1.807) is 6.07 Å². The maximum Gasteiger partial charge on any atom is 0.194 e. The van der Waals surface area contributed by atoms with Crippen LogP contribution in [0.4, 0.5) is 0 Å². The number of para-hydroxylation sites is 2. The summed E-state index contributed by atoms with van der Waals surface area (Å²) in [4.78, 5) is 19.4. The highest BCUT2D eigenvalue weighted by Crippen LogP contribution is 2.33. The van der Waals surface area contributed by atoms with Crippen molar-refractivity contribution in [3.05, 3.63) is 105 Å². The summed E-state index contributed by atoms with van der Waals surface area (Å²) in [6.45, 7) is 0. The quantitative estimate of drug-likeness (QED) is 0.280. The summed E-state index contributed by atoms with van der Waals surface area (Å²) in [6, 6.07) is 26.4. The zero-order chi connectivity index (χ0) is 20.7. The molecule has 0 N–H and O–H groups in total. The van der Waals surface area contributed by atoms with Gasteiger partial charge in [-0.25, -0.2) is 4.98 Å². The third kappa shape index (κ3) is 3.58. The number of hydrogen-bond acceptors (Lipinski definition) is 3. The maximum atomic E-state index is 13.0. The number of fused-ring (bicyclic) bond motifs is 2. The number of benzene rings is 4. The minimum absolute atomic E-state index is 0.0535. The number of nitrogens with zero attached hydrogens (tertiary/aromatic N) is 2. The van der Waals surface area contributed by atoms with Gasteiger partial charge in [0.15, 0.2) is 5.43 Å². The lowest BCUT2D eigenvalue weighted by atomic mass is 10.1. The largest absolute Gasteiger partial charge is 0.306 e. The Morgan fingerprint density at radius 2 is 1.47 bits per heavy atom. The van der Waals surface area contributed by atoms with E-state index in [-0.39, 0.29) is 5.43 Å². The van der Waals surface area contributed by atoms with E-state index in [0.717, 1.165) is 33.0 Å². The summed E-state index contributed by atoms with van der Waals surface area (Å²) < 4.78 is 2.05. The van der Waals surface area contributed by atoms with E-state index in [0.29, 0.717) is 14.9 Å². The molecule has 3 aromatic rings. The lowest BCUT2D eigenvalue weighted by molar-refractivity contribution is 1.07. The number of halogens is 2. The van der Waals surface area contributed by atoms with Crippen molar-refractivity contribution < 1.29 is 0 Å². The molecule has 1 aliphatic heterocycles. The summed E-state index contributed by atoms with van der Waals surface area (Å²) in [5.41, 5.74) is 4.13. The molecule has 30 heavy (non-hydrogen) atoms. The predicted molar refractivity (Wildman–Crippen MR) is 125 cm³/mol. The van der Waals surface area contributed by atoms with E-state index in [1.807, 2.05) is 83.4 Å². The van der Waals surface area contributed by atoms with E-state index in [9.17, 15) is 4.79 Å². The lowest BCUT2D eigenvalue weighted by Crippen LogP contribution is -2.11. The van der Waals surface area contributed by atoms with Crippen LogP contribution in [0.15, 0.2) is 99.5 Å². The summed E-state index contributed by atoms with van der Waals surface area (Å²) in [7, 11) is 0. The molecule has 0 fully saturated rings. The van der Waals surface area contributed by atoms with Gasteiger partial charge in [0.2, 0.25) is 0 Å². The SMILES string of the molecule is O=c1cc2n(-c3ccc(Cl)cc3)c3ccccc3nc-2cc1Sc1ccc(Cl)cc1. The molecule has 0 saturated heterocycles. The average Bonchev–Trinajstić information content (AvgIpc) is 2.75. The van der Waals surface area contributed by atoms with Gasteiger partial charge >= 0.3 is 0 Å². The van der Waals surface area contributed by atoms with Gasteiger partial charge in [-0.3, -0.25) is 4.79 Å². The van der Waals surface area contributed by atoms with E-state index in [2.05, 4.69) is 0 Å². The fraction of sp³-hybridized carbons (Fsp3) is 0. The Bertz CT molecular complexity index is 1400. The molecule has 0 spiro atoms. The summed E-state index contributed by atoms with van der Waals surface area (Å²) >= 11 is 13.5. The van der Waals surface area contributed by atoms with Gasteiger partial charge in [0.25, 0.3) is 0 Å². The molecule has 1 aliphatic carbocycles. The van der Waals surface area contributed by atoms with Gasteiger partial charge in [0.1, 0.15) is 0 Å². The third-order valence-electron chi connectivity index (χ3n) is 4.77. The summed E-state index contributed by atoms with van der Waals surface area (Å²) in [6.07, 6.45) is 0. The topological polar surface area (TPSA) is 34.9 Å². The van der Waals surface area contributed by atoms with Crippen LogP contribution in [0.1, 0.15) is 0 Å². The number of aromatic nitrogens is 2. The minimum Gasteiger partial charge on any atom is -0.306 e. The zero-order valence-corrected chi connectivity index (χ0v) is 17.9. The molecule has 3 nitrogen and oxygen atoms in total. The number of hydrogen-bond donors (Lipinski definition) is 0. The molecular weight excluding hydrogens is 435 g/mol. The molecule has 2 aliphatic rings. The van der Waals surface area contributed by atoms with Gasteiger partial charge in [-0.15, -0.1) is 0 Å². The molecule has 0 amide bonds. The normalized spacial score (nSPS) is 11.3. The fourth-order valence-corrected chi connectivity index (χ4v) is 4.50. The van der Waals surface area contributed by atoms with Crippen molar-refractivity contribution in [2.24, 2.45) is 0 Å². The molecule has 5 rings (SSSR count). The van der Waals surface area contributed by atoms with Crippen molar-refractivity contribution in [3.63, 3.8) is 0 Å². The first-order valence-electron chi connectivity index (χ1n) is 9.23. The Kier molecular flexibility index (Phi) is 4.99. The fourth-order valence-electron chi connectivity index (χ4n) is 3.39. The summed E-state index contributed by atoms with van der Waals surface area (Å²) in [5.74, 6) is 0. The van der Waals surface area contributed by atoms with Crippen LogP contribution in [0.3, 0.4) is 0 Å². The molecule has 0 radical (unpaired) electrons. The van der Waals surface area contributed by atoms with Crippen molar-refractivity contribution in [2.45, 2.75) is 9.79 Å². The molecule has 0 atom stereocenters. The average molecular weight is 449 g/mol. The molecule has 0 saturated carbocycles. The second kappa shape index (κ2) is 7.80. The zero-order valence-electron chi connectivity index (χ0n) is 15.5. The first-order valence-corrected chi connectivity index (χ1v) is 10.8. The van der Waals surface area contributed by atoms with Gasteiger partial charge < -0.3 is 4.57 Å². The van der Waals surface area contributed by atoms with E-state index < -0.39 is 0 Å². The van der Waals surface area contributed by atoms with Gasteiger partial charge in [-0.05, 0) is 66.7 Å². The van der Waals surface area contributed by atoms with Gasteiger partial charge in [0, 0.05) is 26.7 Å². The monoisotopic (exact) mass is 448 g/mol. The smallest absolute Gasteiger partial charge is 0.194 e. The van der Waals surface area contributed by atoms with E-state index in [4.69, 9.17) is 28.2 Å². The van der Waals surface area contributed by atoms with Crippen molar-refractivity contribution in [2.75, 3.05) is 0 Å². The molecule has 6 heteroatoms. The first-order chi connectivity index (χ1) is 14.6. The lowest BCUT2D eigenvalue weighted by Gasteiger charge is -2.19. The Hall–Kier alpha value is -2.79. The van der Waals surface area contributed by atoms with Crippen molar-refractivity contribution in [1.29, 1.82) is 0 Å². The standard InChI is InChI=1S/C24H14Cl2N2OS/c25-15-5-9-17(10-6-15)28-21-4-2-1-3-19(21)27-20-13-24(23(29)14-22(20)28)30-18-11-7-16(26)8-12-18/h1-14H. The highest BCUT2D eigenvalue weighted by atomic mass is 35.5. The van der Waals surface area contributed by atoms with Gasteiger partial charge in [-0.1, -0.05) is 47.1 Å². The Labute approximate surface area is 187 Å². The molecule has 0 unspecified atom stereocenters. The molecule has 1 heterocycles. The van der Waals surface area contributed by atoms with Crippen molar-refractivity contribution in [1.82, 2.24) is 9.55 Å². The van der Waals surface area contributed by atoms with Crippen LogP contribution in [0.5, 0.6) is 0 Å². The van der Waals surface area contributed by atoms with Crippen LogP contribution >= 0.6 is 35.0 Å². The van der Waals surface area contributed by atoms with Gasteiger partial charge in [0.05, 0.1) is 27.3 Å². The molecule has 146 valence electrons. The van der Waals surface area contributed by atoms with Crippen molar-refractivity contribution in [3.8, 4) is 17.1 Å². The van der Waals surface area contributed by atoms with Gasteiger partial charge in [-0.2, -0.15) is 0 Å². The Morgan fingerprint density at radius 3 is 2.20 bits per heavy atom. The van der Waals surface area contributed by atoms with E-state index in [1.165, 1.54) is 11.8 Å². The Balaban J connectivity index is 1.74. The predicted octanol–water partition coefficient (Wildman–Crippen LogP) is 6.95. The molecule has 0 aromatic heterocycles. The van der Waals surface area contributed by atoms with Crippen LogP contribution in [0, 0.1) is 0 Å². The van der Waals surface area contributed by atoms with Crippen LogP contribution < -0.4 is 5.43 Å². The highest BCUT2D eigenvalue weighted by molar-refractivity contribution is 7.99. The second-order valence-corrected chi connectivity index (χ2v) is 8.74. The molecule has 3 aromatic carbocycles. The third-order valence-corrected chi connectivity index (χ3v) is 6.32. The second-order valence-electron chi connectivity index (χ2n) is 6.76. The minimum atomic E-state index is -0.0535. The van der Waals surface area contributed by atoms with Crippen molar-refractivity contribution >= 4 is 46.0 Å². The molecule has 0 bridgehead atoms. The van der Waals surface area contributed by atoms with Crippen LogP contribution in [-0.4, -0.2) is 9.55 Å². The summed E-state index contributed by atoms with van der Waals surface area (Å²) in [5, 5.41) is 1.32. The van der Waals surface area contributed by atoms with Crippen LogP contribution in [0.25, 0.3) is 28.1 Å². The van der Waals surface area contributed by atoms with Crippen LogP contribution in [-0.2, 0) is 0 Å². The maximum absolute atomic E-state index is 13.0. The highest BCUT2D eigenvalue weighted by Gasteiger charge is 2.17. The molecular formula is C24H14Cl2N2OS. The number of rotatable bonds is 3. The first kappa shape index (κ1) is 19.2.